The number of Topliss-reactive ketones (excluding diaryl/α,β-unsaturated/α-hetero) is 1. The van der Waals surface area contributed by atoms with Gasteiger partial charge in [0.05, 0.1) is 12.7 Å². The van der Waals surface area contributed by atoms with Crippen LogP contribution in [0, 0.1) is 5.82 Å². The van der Waals surface area contributed by atoms with Crippen LogP contribution in [0.4, 0.5) is 4.39 Å². The lowest BCUT2D eigenvalue weighted by Crippen LogP contribution is -2.42. The molecule has 172 valence electrons. The highest BCUT2D eigenvalue weighted by Gasteiger charge is 2.34. The summed E-state index contributed by atoms with van der Waals surface area (Å²) in [6.07, 6.45) is 1.33. The van der Waals surface area contributed by atoms with Gasteiger partial charge in [-0.15, -0.1) is 0 Å². The summed E-state index contributed by atoms with van der Waals surface area (Å²) in [5.74, 6) is -1.71. The lowest BCUT2D eigenvalue weighted by atomic mass is 10.1. The minimum absolute atomic E-state index is 0.0206. The van der Waals surface area contributed by atoms with Gasteiger partial charge in [-0.3, -0.25) is 4.79 Å². The van der Waals surface area contributed by atoms with E-state index in [0.717, 1.165) is 31.4 Å². The Bertz CT molecular complexity index is 1100. The van der Waals surface area contributed by atoms with Crippen LogP contribution in [-0.4, -0.2) is 50.3 Å². The first-order valence-electron chi connectivity index (χ1n) is 10.4. The number of halogens is 1. The van der Waals surface area contributed by atoms with Crippen LogP contribution in [0.3, 0.4) is 0 Å². The first-order valence-corrected chi connectivity index (χ1v) is 11.8. The quantitative estimate of drug-likeness (QED) is 0.458. The predicted molar refractivity (Wildman–Crippen MR) is 116 cm³/mol. The van der Waals surface area contributed by atoms with Gasteiger partial charge < -0.3 is 9.47 Å². The van der Waals surface area contributed by atoms with Crippen LogP contribution in [0.15, 0.2) is 47.4 Å². The molecule has 1 aliphatic rings. The van der Waals surface area contributed by atoms with Crippen LogP contribution in [0.5, 0.6) is 5.75 Å². The summed E-state index contributed by atoms with van der Waals surface area (Å²) in [4.78, 5) is 25.0. The van der Waals surface area contributed by atoms with Gasteiger partial charge in [-0.05, 0) is 69.2 Å². The van der Waals surface area contributed by atoms with E-state index in [2.05, 4.69) is 0 Å². The summed E-state index contributed by atoms with van der Waals surface area (Å²) in [5, 5.41) is 0. The summed E-state index contributed by atoms with van der Waals surface area (Å²) < 4.78 is 51.6. The number of carbonyl (C=O) groups is 2. The summed E-state index contributed by atoms with van der Waals surface area (Å²) >= 11 is 0. The van der Waals surface area contributed by atoms with Crippen LogP contribution in [0.25, 0.3) is 0 Å². The summed E-state index contributed by atoms with van der Waals surface area (Å²) in [6, 6.07) is 8.72. The highest BCUT2D eigenvalue weighted by molar-refractivity contribution is 7.89. The van der Waals surface area contributed by atoms with Gasteiger partial charge in [0.15, 0.2) is 6.10 Å². The minimum atomic E-state index is -3.90. The zero-order valence-electron chi connectivity index (χ0n) is 18.2. The molecule has 0 spiro atoms. The summed E-state index contributed by atoms with van der Waals surface area (Å²) in [5.41, 5.74) is 0.177. The van der Waals surface area contributed by atoms with Gasteiger partial charge in [-0.2, -0.15) is 4.31 Å². The molecule has 2 aromatic rings. The molecule has 1 saturated heterocycles. The molecule has 0 aliphatic carbocycles. The fourth-order valence-electron chi connectivity index (χ4n) is 3.69. The van der Waals surface area contributed by atoms with Gasteiger partial charge in [-0.25, -0.2) is 17.6 Å². The predicted octanol–water partition coefficient (Wildman–Crippen LogP) is 3.83. The van der Waals surface area contributed by atoms with Crippen molar-refractivity contribution in [2.45, 2.75) is 50.2 Å². The Balaban J connectivity index is 1.84. The zero-order chi connectivity index (χ0) is 23.5. The molecule has 32 heavy (non-hydrogen) atoms. The van der Waals surface area contributed by atoms with E-state index in [4.69, 9.17) is 9.47 Å². The van der Waals surface area contributed by atoms with Crippen LogP contribution >= 0.6 is 0 Å². The Hall–Kier alpha value is -2.78. The van der Waals surface area contributed by atoms with Crippen LogP contribution in [-0.2, 0) is 14.8 Å². The molecular weight excluding hydrogens is 437 g/mol. The monoisotopic (exact) mass is 463 g/mol. The Labute approximate surface area is 187 Å². The van der Waals surface area contributed by atoms with Gasteiger partial charge in [0.1, 0.15) is 16.5 Å². The number of ether oxygens (including phenoxy) is 2. The van der Waals surface area contributed by atoms with E-state index in [0.29, 0.717) is 6.54 Å². The van der Waals surface area contributed by atoms with E-state index in [1.165, 1.54) is 48.7 Å². The molecule has 0 aromatic heterocycles. The molecular formula is C23H26FNO6S. The number of methoxy groups -OCH3 is 1. The van der Waals surface area contributed by atoms with Crippen LogP contribution in [0.2, 0.25) is 0 Å². The molecule has 1 heterocycles. The number of piperidine rings is 1. The number of sulfonamides is 1. The lowest BCUT2D eigenvalue weighted by Gasteiger charge is -2.32. The molecule has 3 rings (SSSR count). The molecule has 0 saturated carbocycles. The normalized spacial score (nSPS) is 18.1. The average molecular weight is 464 g/mol. The maximum Gasteiger partial charge on any atom is 0.338 e. The molecule has 0 unspecified atom stereocenters. The Morgan fingerprint density at radius 2 is 1.75 bits per heavy atom. The third kappa shape index (κ3) is 4.99. The van der Waals surface area contributed by atoms with E-state index >= 15 is 0 Å². The molecule has 0 amide bonds. The second-order valence-electron chi connectivity index (χ2n) is 7.74. The molecule has 2 aromatic carbocycles. The molecule has 1 fully saturated rings. The summed E-state index contributed by atoms with van der Waals surface area (Å²) in [6.45, 7) is 3.65. The van der Waals surface area contributed by atoms with E-state index in [1.54, 1.807) is 0 Å². The third-order valence-corrected chi connectivity index (χ3v) is 7.54. The Kier molecular flexibility index (Phi) is 7.30. The fraction of sp³-hybridized carbons (Fsp3) is 0.391. The number of nitrogens with zero attached hydrogens (tertiary/aromatic N) is 1. The van der Waals surface area contributed by atoms with E-state index in [1.807, 2.05) is 6.92 Å². The number of hydrogen-bond donors (Lipinski definition) is 0. The molecule has 1 aliphatic heterocycles. The zero-order valence-corrected chi connectivity index (χ0v) is 19.0. The van der Waals surface area contributed by atoms with E-state index < -0.39 is 33.7 Å². The van der Waals surface area contributed by atoms with Crippen molar-refractivity contribution in [3.05, 3.63) is 59.4 Å². The number of rotatable bonds is 7. The first-order chi connectivity index (χ1) is 15.1. The van der Waals surface area contributed by atoms with Gasteiger partial charge in [0, 0.05) is 18.2 Å². The van der Waals surface area contributed by atoms with Crippen LogP contribution < -0.4 is 4.74 Å². The Morgan fingerprint density at radius 1 is 1.09 bits per heavy atom. The van der Waals surface area contributed by atoms with Gasteiger partial charge >= 0.3 is 5.97 Å². The average Bonchev–Trinajstić information content (AvgIpc) is 2.78. The molecule has 0 N–H and O–H groups in total. The highest BCUT2D eigenvalue weighted by atomic mass is 32.2. The lowest BCUT2D eigenvalue weighted by molar-refractivity contribution is 0.0318. The van der Waals surface area contributed by atoms with Crippen LogP contribution in [0.1, 0.15) is 53.8 Å². The third-order valence-electron chi connectivity index (χ3n) is 5.51. The molecule has 0 radical (unpaired) electrons. The number of esters is 1. The standard InChI is InChI=1S/C23H26FNO6S/c1-15-6-4-5-13-25(15)32(28,29)21-14-18(9-12-20(21)30-3)23(27)31-16(2)22(26)17-7-10-19(24)11-8-17/h7-12,14-16H,4-6,13H2,1-3H3/t15-,16+/m0/s1. The molecule has 2 atom stereocenters. The van der Waals surface area contributed by atoms with Gasteiger partial charge in [0.2, 0.25) is 15.8 Å². The maximum atomic E-state index is 13.3. The van der Waals surface area contributed by atoms with E-state index in [9.17, 15) is 22.4 Å². The van der Waals surface area contributed by atoms with E-state index in [-0.39, 0.29) is 27.8 Å². The maximum absolute atomic E-state index is 13.3. The van der Waals surface area contributed by atoms with Crippen molar-refractivity contribution in [1.29, 1.82) is 0 Å². The molecule has 0 bridgehead atoms. The second kappa shape index (κ2) is 9.79. The SMILES string of the molecule is COc1ccc(C(=O)O[C@H](C)C(=O)c2ccc(F)cc2)cc1S(=O)(=O)N1CCCC[C@@H]1C. The number of ketones is 1. The Morgan fingerprint density at radius 3 is 2.38 bits per heavy atom. The smallest absolute Gasteiger partial charge is 0.338 e. The molecule has 9 heteroatoms. The first kappa shape index (κ1) is 23.9. The van der Waals surface area contributed by atoms with Crippen molar-refractivity contribution < 1.29 is 31.9 Å². The van der Waals surface area contributed by atoms with Crippen molar-refractivity contribution in [2.24, 2.45) is 0 Å². The minimum Gasteiger partial charge on any atom is -0.495 e. The van der Waals surface area contributed by atoms with Crippen molar-refractivity contribution >= 4 is 21.8 Å². The second-order valence-corrected chi connectivity index (χ2v) is 9.60. The number of hydrogen-bond acceptors (Lipinski definition) is 6. The largest absolute Gasteiger partial charge is 0.495 e. The number of benzene rings is 2. The topological polar surface area (TPSA) is 90.0 Å². The number of carbonyl (C=O) groups excluding carboxylic acids is 2. The highest BCUT2D eigenvalue weighted by Crippen LogP contribution is 2.32. The summed E-state index contributed by atoms with van der Waals surface area (Å²) in [7, 11) is -2.55. The molecule has 7 nitrogen and oxygen atoms in total. The fourth-order valence-corrected chi connectivity index (χ4v) is 5.57. The van der Waals surface area contributed by atoms with Crippen molar-refractivity contribution in [3.63, 3.8) is 0 Å². The van der Waals surface area contributed by atoms with Gasteiger partial charge in [-0.1, -0.05) is 6.42 Å². The van der Waals surface area contributed by atoms with Gasteiger partial charge in [0.25, 0.3) is 0 Å². The van der Waals surface area contributed by atoms with Crippen molar-refractivity contribution in [1.82, 2.24) is 4.31 Å². The van der Waals surface area contributed by atoms with Crippen molar-refractivity contribution in [3.8, 4) is 5.75 Å². The van der Waals surface area contributed by atoms with Crippen molar-refractivity contribution in [2.75, 3.05) is 13.7 Å².